The van der Waals surface area contributed by atoms with E-state index in [2.05, 4.69) is 11.1 Å². The van der Waals surface area contributed by atoms with Crippen LogP contribution in [-0.2, 0) is 38.3 Å². The van der Waals surface area contributed by atoms with Gasteiger partial charge in [-0.1, -0.05) is 66.7 Å². The fourth-order valence-corrected chi connectivity index (χ4v) is 7.67. The van der Waals surface area contributed by atoms with E-state index >= 15 is 0 Å². The third-order valence-corrected chi connectivity index (χ3v) is 9.86. The highest BCUT2D eigenvalue weighted by Gasteiger charge is 2.51. The van der Waals surface area contributed by atoms with Crippen molar-refractivity contribution in [2.75, 3.05) is 19.6 Å². The summed E-state index contributed by atoms with van der Waals surface area (Å²) < 4.78 is 17.1. The summed E-state index contributed by atoms with van der Waals surface area (Å²) >= 11 is 1.60. The first-order valence-corrected chi connectivity index (χ1v) is 17.6. The standard InChI is InChI=1S/C34H35N4O7PS/c1-2-18-36-22-33(40)37-29(19-25-12-15-27(16-13-25)45-46(42,43)44)34(41)35(20-26-23-47-30-11-7-6-10-28(26)30)21-31(37)38(36)32(39)17-14-24-8-4-3-5-9-24/h2-13,15-16,23,29,31H,1,14,17-22H2,(H2,42,43,44)/t29-,31-/m0/s1. The van der Waals surface area contributed by atoms with Crippen molar-refractivity contribution < 1.29 is 33.3 Å². The van der Waals surface area contributed by atoms with E-state index in [0.29, 0.717) is 18.5 Å². The predicted octanol–water partition coefficient (Wildman–Crippen LogP) is 4.36. The summed E-state index contributed by atoms with van der Waals surface area (Å²) in [4.78, 5) is 63.9. The SMILES string of the molecule is C=CCN1CC(=O)N2[C@@H](Cc3ccc(OP(=O)(O)O)cc3)C(=O)N(Cc3csc4ccccc34)C[C@@H]2N1C(=O)CCc1ccccc1. The maximum atomic E-state index is 14.3. The van der Waals surface area contributed by atoms with E-state index in [9.17, 15) is 28.7 Å². The number of phosphoric acid groups is 1. The van der Waals surface area contributed by atoms with Gasteiger partial charge in [0.15, 0.2) is 0 Å². The van der Waals surface area contributed by atoms with Crippen molar-refractivity contribution in [3.63, 3.8) is 0 Å². The van der Waals surface area contributed by atoms with Gasteiger partial charge < -0.3 is 14.3 Å². The molecule has 3 amide bonds. The fourth-order valence-electron chi connectivity index (χ4n) is 6.32. The summed E-state index contributed by atoms with van der Waals surface area (Å²) in [6.45, 7) is 4.48. The van der Waals surface area contributed by atoms with Gasteiger partial charge in [0.05, 0.1) is 13.1 Å². The third kappa shape index (κ3) is 7.32. The van der Waals surface area contributed by atoms with E-state index in [0.717, 1.165) is 21.2 Å². The van der Waals surface area contributed by atoms with Crippen LogP contribution in [-0.4, -0.2) is 79.2 Å². The van der Waals surface area contributed by atoms with Crippen LogP contribution >= 0.6 is 19.2 Å². The second-order valence-corrected chi connectivity index (χ2v) is 13.6. The average molecular weight is 675 g/mol. The minimum atomic E-state index is -4.75. The molecule has 0 saturated carbocycles. The summed E-state index contributed by atoms with van der Waals surface area (Å²) in [6.07, 6.45) is 1.78. The van der Waals surface area contributed by atoms with Gasteiger partial charge in [-0.05, 0) is 52.1 Å². The van der Waals surface area contributed by atoms with E-state index in [1.54, 1.807) is 49.4 Å². The molecule has 0 unspecified atom stereocenters. The molecule has 2 aliphatic rings. The quantitative estimate of drug-likeness (QED) is 0.177. The summed E-state index contributed by atoms with van der Waals surface area (Å²) in [5.41, 5.74) is 2.67. The normalized spacial score (nSPS) is 18.8. The molecule has 2 atom stereocenters. The number of phosphoric ester groups is 1. The molecule has 2 aliphatic heterocycles. The van der Waals surface area contributed by atoms with Crippen LogP contribution in [0, 0.1) is 0 Å². The first kappa shape index (κ1) is 32.6. The maximum Gasteiger partial charge on any atom is 0.524 e. The molecule has 3 aromatic carbocycles. The van der Waals surface area contributed by atoms with E-state index in [1.165, 1.54) is 12.1 Å². The lowest BCUT2D eigenvalue weighted by Gasteiger charge is -2.55. The van der Waals surface area contributed by atoms with E-state index in [-0.39, 0.29) is 55.9 Å². The highest BCUT2D eigenvalue weighted by molar-refractivity contribution is 7.46. The topological polar surface area (TPSA) is 131 Å². The van der Waals surface area contributed by atoms with E-state index in [1.807, 2.05) is 60.0 Å². The molecule has 0 radical (unpaired) electrons. The molecular weight excluding hydrogens is 639 g/mol. The molecule has 2 saturated heterocycles. The highest BCUT2D eigenvalue weighted by atomic mass is 32.1. The number of thiophene rings is 1. The first-order chi connectivity index (χ1) is 22.6. The molecule has 2 N–H and O–H groups in total. The number of nitrogens with zero attached hydrogens (tertiary/aromatic N) is 4. The van der Waals surface area contributed by atoms with Crippen LogP contribution in [0.25, 0.3) is 10.1 Å². The van der Waals surface area contributed by atoms with Crippen LogP contribution in [0.2, 0.25) is 0 Å². The zero-order chi connectivity index (χ0) is 33.1. The molecule has 47 heavy (non-hydrogen) atoms. The van der Waals surface area contributed by atoms with Gasteiger partial charge in [-0.3, -0.25) is 24.2 Å². The van der Waals surface area contributed by atoms with Crippen molar-refractivity contribution >= 4 is 47.0 Å². The highest BCUT2D eigenvalue weighted by Crippen LogP contribution is 2.38. The smallest absolute Gasteiger partial charge is 0.404 e. The lowest BCUT2D eigenvalue weighted by molar-refractivity contribution is -0.205. The average Bonchev–Trinajstić information content (AvgIpc) is 3.45. The van der Waals surface area contributed by atoms with Crippen LogP contribution in [0.3, 0.4) is 0 Å². The molecule has 3 heterocycles. The molecular formula is C34H35N4O7PS. The van der Waals surface area contributed by atoms with Crippen molar-refractivity contribution in [3.8, 4) is 5.75 Å². The van der Waals surface area contributed by atoms with Crippen LogP contribution in [0.1, 0.15) is 23.1 Å². The Labute approximate surface area is 276 Å². The van der Waals surface area contributed by atoms with E-state index in [4.69, 9.17) is 0 Å². The molecule has 4 aromatic rings. The Morgan fingerprint density at radius 1 is 1.00 bits per heavy atom. The fraction of sp³-hybridized carbons (Fsp3) is 0.265. The number of hydrogen-bond acceptors (Lipinski definition) is 7. The van der Waals surface area contributed by atoms with Gasteiger partial charge in [0, 0.05) is 30.6 Å². The number of rotatable bonds is 11. The van der Waals surface area contributed by atoms with Gasteiger partial charge in [0.25, 0.3) is 0 Å². The molecule has 13 heteroatoms. The van der Waals surface area contributed by atoms with Crippen LogP contribution < -0.4 is 4.52 Å². The Hall–Kier alpha value is -4.32. The Bertz CT molecular complexity index is 1830. The van der Waals surface area contributed by atoms with Crippen molar-refractivity contribution in [2.24, 2.45) is 0 Å². The number of hydrazine groups is 1. The van der Waals surface area contributed by atoms with Gasteiger partial charge in [-0.25, -0.2) is 14.6 Å². The monoisotopic (exact) mass is 674 g/mol. The molecule has 0 aliphatic carbocycles. The van der Waals surface area contributed by atoms with Gasteiger partial charge >= 0.3 is 7.82 Å². The van der Waals surface area contributed by atoms with Crippen molar-refractivity contribution in [2.45, 2.75) is 38.0 Å². The van der Waals surface area contributed by atoms with Crippen LogP contribution in [0.5, 0.6) is 5.75 Å². The molecule has 11 nitrogen and oxygen atoms in total. The molecule has 1 aromatic heterocycles. The predicted molar refractivity (Wildman–Crippen MR) is 178 cm³/mol. The summed E-state index contributed by atoms with van der Waals surface area (Å²) in [7, 11) is -4.75. The first-order valence-electron chi connectivity index (χ1n) is 15.2. The molecule has 244 valence electrons. The Balaban J connectivity index is 1.34. The molecule has 0 spiro atoms. The number of fused-ring (bicyclic) bond motifs is 2. The van der Waals surface area contributed by atoms with E-state index < -0.39 is 20.0 Å². The number of hydrogen-bond donors (Lipinski definition) is 2. The molecule has 6 rings (SSSR count). The largest absolute Gasteiger partial charge is 0.524 e. The van der Waals surface area contributed by atoms with Crippen molar-refractivity contribution in [1.29, 1.82) is 0 Å². The van der Waals surface area contributed by atoms with Crippen LogP contribution in [0.15, 0.2) is 96.9 Å². The third-order valence-electron chi connectivity index (χ3n) is 8.39. The number of benzene rings is 3. The van der Waals surface area contributed by atoms with Crippen molar-refractivity contribution in [1.82, 2.24) is 19.8 Å². The van der Waals surface area contributed by atoms with Crippen LogP contribution in [0.4, 0.5) is 0 Å². The van der Waals surface area contributed by atoms with Gasteiger partial charge in [0.1, 0.15) is 18.0 Å². The number of carbonyl (C=O) groups excluding carboxylic acids is 3. The molecule has 2 fully saturated rings. The number of aryl methyl sites for hydroxylation is 1. The Kier molecular flexibility index (Phi) is 9.58. The second-order valence-electron chi connectivity index (χ2n) is 11.6. The Morgan fingerprint density at radius 2 is 1.72 bits per heavy atom. The minimum Gasteiger partial charge on any atom is -0.404 e. The summed E-state index contributed by atoms with van der Waals surface area (Å²) in [6, 6.07) is 22.8. The van der Waals surface area contributed by atoms with Gasteiger partial charge in [-0.2, -0.15) is 0 Å². The number of carbonyl (C=O) groups is 3. The zero-order valence-electron chi connectivity index (χ0n) is 25.6. The summed E-state index contributed by atoms with van der Waals surface area (Å²) in [5.74, 6) is -0.699. The lowest BCUT2D eigenvalue weighted by atomic mass is 9.98. The zero-order valence-corrected chi connectivity index (χ0v) is 27.3. The summed E-state index contributed by atoms with van der Waals surface area (Å²) in [5, 5.41) is 6.44. The second kappa shape index (κ2) is 13.8. The minimum absolute atomic E-state index is 0.0230. The maximum absolute atomic E-state index is 14.3. The van der Waals surface area contributed by atoms with Gasteiger partial charge in [-0.15, -0.1) is 17.9 Å². The van der Waals surface area contributed by atoms with Crippen molar-refractivity contribution in [3.05, 3.63) is 114 Å². The Morgan fingerprint density at radius 3 is 2.45 bits per heavy atom. The lowest BCUT2D eigenvalue weighted by Crippen LogP contribution is -2.75. The number of amides is 3. The number of piperazine rings is 1. The van der Waals surface area contributed by atoms with Gasteiger partial charge in [0.2, 0.25) is 17.7 Å². The molecule has 0 bridgehead atoms.